The lowest BCUT2D eigenvalue weighted by Gasteiger charge is -2.08. The van der Waals surface area contributed by atoms with E-state index in [9.17, 15) is 5.26 Å². The largest absolute Gasteiger partial charge is 0.467 e. The van der Waals surface area contributed by atoms with Crippen molar-refractivity contribution in [2.75, 3.05) is 5.32 Å². The SMILES string of the molecule is N#Cc1cc(-c2ccccc2)cnc1NCc1ccco1. The van der Waals surface area contributed by atoms with Crippen molar-refractivity contribution >= 4 is 5.82 Å². The first-order valence-electron chi connectivity index (χ1n) is 6.58. The Morgan fingerprint density at radius 2 is 1.95 bits per heavy atom. The normalized spacial score (nSPS) is 10.0. The van der Waals surface area contributed by atoms with Crippen molar-refractivity contribution in [3.63, 3.8) is 0 Å². The van der Waals surface area contributed by atoms with Crippen LogP contribution in [0.4, 0.5) is 5.82 Å². The van der Waals surface area contributed by atoms with Crippen LogP contribution in [-0.2, 0) is 6.54 Å². The molecule has 2 aromatic heterocycles. The zero-order valence-corrected chi connectivity index (χ0v) is 11.3. The fraction of sp³-hybridized carbons (Fsp3) is 0.0588. The molecule has 3 aromatic rings. The number of hydrogen-bond donors (Lipinski definition) is 1. The molecule has 1 aromatic carbocycles. The molecule has 0 bridgehead atoms. The van der Waals surface area contributed by atoms with Crippen molar-refractivity contribution in [3.8, 4) is 17.2 Å². The second-order valence-electron chi connectivity index (χ2n) is 4.53. The Kier molecular flexibility index (Phi) is 3.66. The topological polar surface area (TPSA) is 61.9 Å². The summed E-state index contributed by atoms with van der Waals surface area (Å²) < 4.78 is 5.25. The van der Waals surface area contributed by atoms with Crippen LogP contribution in [0.1, 0.15) is 11.3 Å². The van der Waals surface area contributed by atoms with Crippen LogP contribution in [0.2, 0.25) is 0 Å². The van der Waals surface area contributed by atoms with Gasteiger partial charge in [-0.15, -0.1) is 0 Å². The average molecular weight is 275 g/mol. The molecule has 0 unspecified atom stereocenters. The van der Waals surface area contributed by atoms with E-state index in [1.807, 2.05) is 48.5 Å². The molecule has 0 fully saturated rings. The Balaban J connectivity index is 1.84. The van der Waals surface area contributed by atoms with E-state index >= 15 is 0 Å². The number of nitrogens with zero attached hydrogens (tertiary/aromatic N) is 2. The lowest BCUT2D eigenvalue weighted by atomic mass is 10.1. The number of benzene rings is 1. The van der Waals surface area contributed by atoms with Gasteiger partial charge >= 0.3 is 0 Å². The van der Waals surface area contributed by atoms with Crippen molar-refractivity contribution in [2.24, 2.45) is 0 Å². The molecule has 2 heterocycles. The van der Waals surface area contributed by atoms with Crippen LogP contribution in [0.25, 0.3) is 11.1 Å². The molecular weight excluding hydrogens is 262 g/mol. The van der Waals surface area contributed by atoms with Crippen molar-refractivity contribution in [2.45, 2.75) is 6.54 Å². The first kappa shape index (κ1) is 12.9. The second kappa shape index (κ2) is 5.93. The highest BCUT2D eigenvalue weighted by Gasteiger charge is 2.07. The smallest absolute Gasteiger partial charge is 0.144 e. The highest BCUT2D eigenvalue weighted by Crippen LogP contribution is 2.22. The lowest BCUT2D eigenvalue weighted by Crippen LogP contribution is -2.02. The van der Waals surface area contributed by atoms with E-state index in [0.717, 1.165) is 16.9 Å². The summed E-state index contributed by atoms with van der Waals surface area (Å²) in [4.78, 5) is 4.35. The maximum absolute atomic E-state index is 9.29. The number of nitrogens with one attached hydrogen (secondary N) is 1. The minimum atomic E-state index is 0.499. The van der Waals surface area contributed by atoms with Crippen LogP contribution in [0.15, 0.2) is 65.4 Å². The number of pyridine rings is 1. The summed E-state index contributed by atoms with van der Waals surface area (Å²) in [7, 11) is 0. The quantitative estimate of drug-likeness (QED) is 0.786. The molecule has 0 radical (unpaired) electrons. The Labute approximate surface area is 122 Å². The van der Waals surface area contributed by atoms with Gasteiger partial charge in [-0.1, -0.05) is 30.3 Å². The molecule has 102 valence electrons. The maximum Gasteiger partial charge on any atom is 0.144 e. The Hall–Kier alpha value is -3.06. The Bertz CT molecular complexity index is 758. The van der Waals surface area contributed by atoms with Crippen molar-refractivity contribution in [3.05, 3.63) is 72.3 Å². The number of hydrogen-bond acceptors (Lipinski definition) is 4. The van der Waals surface area contributed by atoms with Gasteiger partial charge in [0.1, 0.15) is 17.6 Å². The van der Waals surface area contributed by atoms with Crippen LogP contribution in [0, 0.1) is 11.3 Å². The average Bonchev–Trinajstić information content (AvgIpc) is 3.07. The van der Waals surface area contributed by atoms with E-state index in [-0.39, 0.29) is 0 Å². The zero-order valence-electron chi connectivity index (χ0n) is 11.3. The van der Waals surface area contributed by atoms with E-state index in [1.54, 1.807) is 12.5 Å². The van der Waals surface area contributed by atoms with Gasteiger partial charge in [-0.05, 0) is 23.8 Å². The van der Waals surface area contributed by atoms with Crippen molar-refractivity contribution in [1.82, 2.24) is 4.98 Å². The molecule has 4 heteroatoms. The van der Waals surface area contributed by atoms with Gasteiger partial charge in [0.15, 0.2) is 0 Å². The summed E-state index contributed by atoms with van der Waals surface area (Å²) in [5.41, 5.74) is 2.48. The molecule has 21 heavy (non-hydrogen) atoms. The number of aromatic nitrogens is 1. The minimum Gasteiger partial charge on any atom is -0.467 e. The molecule has 0 spiro atoms. The molecule has 3 rings (SSSR count). The fourth-order valence-electron chi connectivity index (χ4n) is 2.06. The summed E-state index contributed by atoms with van der Waals surface area (Å²) >= 11 is 0. The van der Waals surface area contributed by atoms with Crippen molar-refractivity contribution in [1.29, 1.82) is 5.26 Å². The van der Waals surface area contributed by atoms with Gasteiger partial charge in [-0.25, -0.2) is 4.98 Å². The van der Waals surface area contributed by atoms with Gasteiger partial charge in [0.2, 0.25) is 0 Å². The summed E-state index contributed by atoms with van der Waals surface area (Å²) in [6.07, 6.45) is 3.38. The molecule has 0 aliphatic rings. The van der Waals surface area contributed by atoms with Gasteiger partial charge < -0.3 is 9.73 Å². The van der Waals surface area contributed by atoms with E-state index in [1.165, 1.54) is 0 Å². The summed E-state index contributed by atoms with van der Waals surface area (Å²) in [5.74, 6) is 1.36. The van der Waals surface area contributed by atoms with Crippen LogP contribution in [0.3, 0.4) is 0 Å². The summed E-state index contributed by atoms with van der Waals surface area (Å²) in [6, 6.07) is 17.6. The second-order valence-corrected chi connectivity index (χ2v) is 4.53. The first-order chi connectivity index (χ1) is 10.4. The van der Waals surface area contributed by atoms with E-state index in [2.05, 4.69) is 16.4 Å². The summed E-state index contributed by atoms with van der Waals surface area (Å²) in [6.45, 7) is 0.499. The van der Waals surface area contributed by atoms with Crippen LogP contribution in [-0.4, -0.2) is 4.98 Å². The number of anilines is 1. The van der Waals surface area contributed by atoms with Crippen LogP contribution in [0.5, 0.6) is 0 Å². The van der Waals surface area contributed by atoms with Gasteiger partial charge in [0.25, 0.3) is 0 Å². The van der Waals surface area contributed by atoms with Crippen LogP contribution < -0.4 is 5.32 Å². The van der Waals surface area contributed by atoms with Gasteiger partial charge in [-0.3, -0.25) is 0 Å². The third kappa shape index (κ3) is 2.93. The predicted octanol–water partition coefficient (Wildman–Crippen LogP) is 3.83. The van der Waals surface area contributed by atoms with Gasteiger partial charge in [-0.2, -0.15) is 5.26 Å². The van der Waals surface area contributed by atoms with Crippen molar-refractivity contribution < 1.29 is 4.42 Å². The third-order valence-corrected chi connectivity index (χ3v) is 3.13. The third-order valence-electron chi connectivity index (χ3n) is 3.13. The Morgan fingerprint density at radius 3 is 2.67 bits per heavy atom. The lowest BCUT2D eigenvalue weighted by molar-refractivity contribution is 0.518. The molecule has 0 saturated carbocycles. The standard InChI is InChI=1S/C17H13N3O/c18-10-14-9-15(13-5-2-1-3-6-13)11-19-17(14)20-12-16-7-4-8-21-16/h1-9,11H,12H2,(H,19,20). The zero-order chi connectivity index (χ0) is 14.5. The first-order valence-corrected chi connectivity index (χ1v) is 6.58. The molecule has 0 aliphatic carbocycles. The highest BCUT2D eigenvalue weighted by molar-refractivity contribution is 5.67. The Morgan fingerprint density at radius 1 is 1.10 bits per heavy atom. The molecule has 0 atom stereocenters. The molecule has 4 nitrogen and oxygen atoms in total. The van der Waals surface area contributed by atoms with E-state index < -0.39 is 0 Å². The molecule has 0 saturated heterocycles. The maximum atomic E-state index is 9.29. The van der Waals surface area contributed by atoms with Gasteiger partial charge in [0, 0.05) is 11.8 Å². The summed E-state index contributed by atoms with van der Waals surface area (Å²) in [5, 5.41) is 12.4. The van der Waals surface area contributed by atoms with Crippen LogP contribution >= 0.6 is 0 Å². The molecule has 0 amide bonds. The monoisotopic (exact) mass is 275 g/mol. The fourth-order valence-corrected chi connectivity index (χ4v) is 2.06. The van der Waals surface area contributed by atoms with E-state index in [4.69, 9.17) is 4.42 Å². The molecular formula is C17H13N3O. The van der Waals surface area contributed by atoms with Gasteiger partial charge in [0.05, 0.1) is 18.4 Å². The van der Waals surface area contributed by atoms with E-state index in [0.29, 0.717) is 17.9 Å². The number of furan rings is 1. The predicted molar refractivity (Wildman–Crippen MR) is 80.4 cm³/mol. The minimum absolute atomic E-state index is 0.499. The highest BCUT2D eigenvalue weighted by atomic mass is 16.3. The molecule has 1 N–H and O–H groups in total. The number of nitriles is 1. The molecule has 0 aliphatic heterocycles. The number of rotatable bonds is 4.